The maximum Gasteiger partial charge on any atom is 0.409 e. The Balaban J connectivity index is 2.29. The third-order valence-electron chi connectivity index (χ3n) is 2.87. The van der Waals surface area contributed by atoms with Crippen molar-refractivity contribution in [3.05, 3.63) is 0 Å². The minimum absolute atomic E-state index is 0.232. The van der Waals surface area contributed by atoms with E-state index in [-0.39, 0.29) is 12.0 Å². The summed E-state index contributed by atoms with van der Waals surface area (Å²) in [6.07, 6.45) is 6.01. The van der Waals surface area contributed by atoms with Gasteiger partial charge in [0.1, 0.15) is 0 Å². The first-order chi connectivity index (χ1) is 7.77. The lowest BCUT2D eigenvalue weighted by Crippen LogP contribution is -2.40. The fraction of sp³-hybridized carbons (Fsp3) is 0.833. The molecular formula is C12H20NO3. The van der Waals surface area contributed by atoms with Gasteiger partial charge in [0.2, 0.25) is 0 Å². The number of carbonyl (C=O) groups excluding carboxylic acids is 2. The largest absolute Gasteiger partial charge is 0.449 e. The fourth-order valence-electron chi connectivity index (χ4n) is 1.91. The summed E-state index contributed by atoms with van der Waals surface area (Å²) < 4.78 is 5.14. The van der Waals surface area contributed by atoms with E-state index in [4.69, 9.17) is 4.74 Å². The Morgan fingerprint density at radius 2 is 2.38 bits per heavy atom. The molecule has 1 unspecified atom stereocenters. The van der Waals surface area contributed by atoms with Crippen LogP contribution in [0.5, 0.6) is 0 Å². The van der Waals surface area contributed by atoms with Gasteiger partial charge in [0.25, 0.3) is 0 Å². The van der Waals surface area contributed by atoms with E-state index in [1.807, 2.05) is 6.29 Å². The van der Waals surface area contributed by atoms with Gasteiger partial charge in [-0.15, -0.1) is 0 Å². The van der Waals surface area contributed by atoms with Gasteiger partial charge in [-0.05, 0) is 25.2 Å². The maximum atomic E-state index is 11.6. The van der Waals surface area contributed by atoms with Crippen LogP contribution in [0.4, 0.5) is 4.79 Å². The van der Waals surface area contributed by atoms with E-state index in [2.05, 4.69) is 6.92 Å². The molecule has 1 atom stereocenters. The highest BCUT2D eigenvalue weighted by atomic mass is 16.6. The summed E-state index contributed by atoms with van der Waals surface area (Å²) in [6, 6.07) is 0. The second-order valence-corrected chi connectivity index (χ2v) is 4.27. The Morgan fingerprint density at radius 3 is 3.06 bits per heavy atom. The second kappa shape index (κ2) is 7.25. The molecule has 0 aliphatic carbocycles. The topological polar surface area (TPSA) is 46.6 Å². The van der Waals surface area contributed by atoms with Gasteiger partial charge in [0, 0.05) is 19.5 Å². The molecule has 1 heterocycles. The first kappa shape index (κ1) is 13.0. The molecule has 1 aliphatic heterocycles. The first-order valence-electron chi connectivity index (χ1n) is 6.04. The lowest BCUT2D eigenvalue weighted by molar-refractivity contribution is 0.0840. The number of rotatable bonds is 5. The molecule has 4 heteroatoms. The molecule has 1 radical (unpaired) electrons. The molecule has 1 fully saturated rings. The SMILES string of the molecule is CCCCOC(=O)N1CCCC(C[C]=O)C1. The Bertz CT molecular complexity index is 230. The average molecular weight is 226 g/mol. The fourth-order valence-corrected chi connectivity index (χ4v) is 1.91. The van der Waals surface area contributed by atoms with E-state index in [9.17, 15) is 9.59 Å². The standard InChI is InChI=1S/C12H20NO3/c1-2-3-9-16-12(15)13-7-4-5-11(10-13)6-8-14/h11H,2-7,9-10H2,1H3. The zero-order valence-corrected chi connectivity index (χ0v) is 9.91. The molecule has 1 rings (SSSR count). The van der Waals surface area contributed by atoms with E-state index < -0.39 is 0 Å². The van der Waals surface area contributed by atoms with Crippen molar-refractivity contribution in [2.45, 2.75) is 39.0 Å². The average Bonchev–Trinajstić information content (AvgIpc) is 2.30. The molecule has 4 nitrogen and oxygen atoms in total. The molecule has 0 aromatic carbocycles. The molecule has 0 N–H and O–H groups in total. The Morgan fingerprint density at radius 1 is 1.56 bits per heavy atom. The Hall–Kier alpha value is -1.06. The lowest BCUT2D eigenvalue weighted by atomic mass is 9.96. The third kappa shape index (κ3) is 4.21. The highest BCUT2D eigenvalue weighted by Gasteiger charge is 2.24. The Labute approximate surface area is 96.9 Å². The smallest absolute Gasteiger partial charge is 0.409 e. The number of unbranched alkanes of at least 4 members (excludes halogenated alkanes) is 1. The molecule has 16 heavy (non-hydrogen) atoms. The minimum atomic E-state index is -0.232. The summed E-state index contributed by atoms with van der Waals surface area (Å²) in [5.41, 5.74) is 0. The number of hydrogen-bond donors (Lipinski definition) is 0. The van der Waals surface area contributed by atoms with Gasteiger partial charge in [-0.1, -0.05) is 13.3 Å². The lowest BCUT2D eigenvalue weighted by Gasteiger charge is -2.31. The van der Waals surface area contributed by atoms with Crippen LogP contribution in [0.2, 0.25) is 0 Å². The predicted octanol–water partition coefficient (Wildman–Crippen LogP) is 2.13. The van der Waals surface area contributed by atoms with Crippen molar-refractivity contribution in [1.82, 2.24) is 4.90 Å². The zero-order valence-electron chi connectivity index (χ0n) is 9.91. The number of amides is 1. The van der Waals surface area contributed by atoms with Gasteiger partial charge in [-0.2, -0.15) is 0 Å². The number of nitrogens with zero attached hydrogens (tertiary/aromatic N) is 1. The van der Waals surface area contributed by atoms with Crippen molar-refractivity contribution >= 4 is 12.4 Å². The number of likely N-dealkylation sites (tertiary alicyclic amines) is 1. The van der Waals surface area contributed by atoms with Crippen molar-refractivity contribution in [1.29, 1.82) is 0 Å². The van der Waals surface area contributed by atoms with Crippen LogP contribution in [-0.2, 0) is 9.53 Å². The number of hydrogen-bond acceptors (Lipinski definition) is 3. The molecule has 1 amide bonds. The van der Waals surface area contributed by atoms with E-state index >= 15 is 0 Å². The van der Waals surface area contributed by atoms with Crippen LogP contribution in [0.25, 0.3) is 0 Å². The summed E-state index contributed by atoms with van der Waals surface area (Å²) in [5, 5.41) is 0. The summed E-state index contributed by atoms with van der Waals surface area (Å²) in [4.78, 5) is 23.6. The van der Waals surface area contributed by atoms with Crippen molar-refractivity contribution in [2.24, 2.45) is 5.92 Å². The quantitative estimate of drug-likeness (QED) is 0.675. The van der Waals surface area contributed by atoms with Crippen LogP contribution in [0, 0.1) is 5.92 Å². The molecule has 0 bridgehead atoms. The van der Waals surface area contributed by atoms with Gasteiger partial charge in [-0.3, -0.25) is 4.79 Å². The van der Waals surface area contributed by atoms with Crippen molar-refractivity contribution in [3.8, 4) is 0 Å². The van der Waals surface area contributed by atoms with Crippen LogP contribution in [0.15, 0.2) is 0 Å². The molecule has 1 saturated heterocycles. The molecule has 91 valence electrons. The number of ether oxygens (including phenoxy) is 1. The number of carbonyl (C=O) groups is 1. The third-order valence-corrected chi connectivity index (χ3v) is 2.87. The maximum absolute atomic E-state index is 11.6. The number of piperidine rings is 1. The minimum Gasteiger partial charge on any atom is -0.449 e. The summed E-state index contributed by atoms with van der Waals surface area (Å²) in [7, 11) is 0. The molecule has 0 aromatic rings. The van der Waals surface area contributed by atoms with E-state index in [1.165, 1.54) is 0 Å². The van der Waals surface area contributed by atoms with Gasteiger partial charge in [0.15, 0.2) is 6.29 Å². The van der Waals surface area contributed by atoms with Gasteiger partial charge in [-0.25, -0.2) is 4.79 Å². The van der Waals surface area contributed by atoms with Gasteiger partial charge >= 0.3 is 6.09 Å². The Kier molecular flexibility index (Phi) is 5.90. The predicted molar refractivity (Wildman–Crippen MR) is 60.9 cm³/mol. The van der Waals surface area contributed by atoms with Crippen LogP contribution >= 0.6 is 0 Å². The molecule has 0 aromatic heterocycles. The summed E-state index contributed by atoms with van der Waals surface area (Å²) in [5.74, 6) is 0.268. The monoisotopic (exact) mass is 226 g/mol. The zero-order chi connectivity index (χ0) is 11.8. The van der Waals surface area contributed by atoms with Gasteiger partial charge in [0.05, 0.1) is 6.61 Å². The summed E-state index contributed by atoms with van der Waals surface area (Å²) >= 11 is 0. The van der Waals surface area contributed by atoms with E-state index in [0.29, 0.717) is 19.6 Å². The van der Waals surface area contributed by atoms with E-state index in [0.717, 1.165) is 32.2 Å². The molecule has 1 aliphatic rings. The van der Waals surface area contributed by atoms with Crippen LogP contribution in [0.1, 0.15) is 39.0 Å². The van der Waals surface area contributed by atoms with Gasteiger partial charge < -0.3 is 9.64 Å². The summed E-state index contributed by atoms with van der Waals surface area (Å²) in [6.45, 7) is 3.95. The van der Waals surface area contributed by atoms with Crippen LogP contribution in [0.3, 0.4) is 0 Å². The molecule has 0 spiro atoms. The van der Waals surface area contributed by atoms with E-state index in [1.54, 1.807) is 4.90 Å². The van der Waals surface area contributed by atoms with Crippen molar-refractivity contribution in [3.63, 3.8) is 0 Å². The van der Waals surface area contributed by atoms with Crippen LogP contribution < -0.4 is 0 Å². The van der Waals surface area contributed by atoms with Crippen molar-refractivity contribution < 1.29 is 14.3 Å². The molecule has 0 saturated carbocycles. The normalized spacial score (nSPS) is 20.6. The van der Waals surface area contributed by atoms with Crippen LogP contribution in [-0.4, -0.2) is 37.0 Å². The second-order valence-electron chi connectivity index (χ2n) is 4.27. The highest BCUT2D eigenvalue weighted by molar-refractivity contribution is 5.67. The molecular weight excluding hydrogens is 206 g/mol. The van der Waals surface area contributed by atoms with Crippen molar-refractivity contribution in [2.75, 3.05) is 19.7 Å². The highest BCUT2D eigenvalue weighted by Crippen LogP contribution is 2.19. The first-order valence-corrected chi connectivity index (χ1v) is 6.04.